The number of aliphatic imine (C=N–C) groups is 1. The van der Waals surface area contributed by atoms with Gasteiger partial charge in [-0.25, -0.2) is 5.84 Å². The van der Waals surface area contributed by atoms with Crippen molar-refractivity contribution in [3.63, 3.8) is 0 Å². The van der Waals surface area contributed by atoms with Gasteiger partial charge in [-0.3, -0.25) is 25.3 Å². The Morgan fingerprint density at radius 3 is 2.46 bits per heavy atom. The maximum atomic E-state index is 10.9. The molecule has 0 radical (unpaired) electrons. The van der Waals surface area contributed by atoms with Crippen molar-refractivity contribution in [2.24, 2.45) is 10.8 Å². The second kappa shape index (κ2) is 3.85. The van der Waals surface area contributed by atoms with Gasteiger partial charge in [0.1, 0.15) is 13.1 Å². The Bertz CT molecular complexity index is 246. The molecule has 0 spiro atoms. The van der Waals surface area contributed by atoms with Crippen LogP contribution in [0, 0.1) is 0 Å². The van der Waals surface area contributed by atoms with Crippen LogP contribution in [0.1, 0.15) is 0 Å². The minimum absolute atomic E-state index is 0.0859. The van der Waals surface area contributed by atoms with Gasteiger partial charge >= 0.3 is 0 Å². The van der Waals surface area contributed by atoms with Crippen molar-refractivity contribution >= 4 is 17.8 Å². The van der Waals surface area contributed by atoms with E-state index in [9.17, 15) is 9.59 Å². The number of hydrogen-bond acceptors (Lipinski definition) is 4. The van der Waals surface area contributed by atoms with Crippen molar-refractivity contribution in [1.29, 1.82) is 0 Å². The van der Waals surface area contributed by atoms with E-state index in [1.165, 1.54) is 11.9 Å². The van der Waals surface area contributed by atoms with E-state index in [0.29, 0.717) is 5.96 Å². The maximum Gasteiger partial charge on any atom is 0.246 e. The zero-order chi connectivity index (χ0) is 9.84. The number of hydrazine groups is 1. The molecule has 0 aromatic heterocycles. The summed E-state index contributed by atoms with van der Waals surface area (Å²) in [7, 11) is 1.52. The maximum absolute atomic E-state index is 10.9. The average molecular weight is 185 g/mol. The molecule has 4 N–H and O–H groups in total. The van der Waals surface area contributed by atoms with Crippen molar-refractivity contribution in [3.05, 3.63) is 0 Å². The highest BCUT2D eigenvalue weighted by atomic mass is 16.2. The first-order chi connectivity index (χ1) is 6.17. The number of guanidine groups is 1. The van der Waals surface area contributed by atoms with E-state index >= 15 is 0 Å². The summed E-state index contributed by atoms with van der Waals surface area (Å²) < 4.78 is 0. The average Bonchev–Trinajstić information content (AvgIpc) is 2.04. The summed E-state index contributed by atoms with van der Waals surface area (Å²) in [5.74, 6) is 4.75. The first kappa shape index (κ1) is 9.46. The Morgan fingerprint density at radius 1 is 1.54 bits per heavy atom. The Labute approximate surface area is 74.9 Å². The third-order valence-corrected chi connectivity index (χ3v) is 1.59. The molecule has 7 heteroatoms. The molecule has 0 atom stereocenters. The van der Waals surface area contributed by atoms with E-state index in [0.717, 1.165) is 0 Å². The molecule has 1 fully saturated rings. The van der Waals surface area contributed by atoms with E-state index in [4.69, 9.17) is 5.84 Å². The molecule has 0 unspecified atom stereocenters. The number of carbonyl (C=O) groups excluding carboxylic acids is 2. The van der Waals surface area contributed by atoms with E-state index in [2.05, 4.69) is 15.7 Å². The lowest BCUT2D eigenvalue weighted by Crippen LogP contribution is -2.57. The molecule has 2 amide bonds. The molecule has 0 bridgehead atoms. The monoisotopic (exact) mass is 185 g/mol. The molecule has 72 valence electrons. The van der Waals surface area contributed by atoms with Crippen molar-refractivity contribution in [2.75, 3.05) is 20.1 Å². The number of hydrogen-bond donors (Lipinski definition) is 3. The molecule has 1 aliphatic heterocycles. The number of carbonyl (C=O) groups is 2. The number of rotatable bonds is 0. The van der Waals surface area contributed by atoms with E-state index < -0.39 is 0 Å². The van der Waals surface area contributed by atoms with Gasteiger partial charge in [0.2, 0.25) is 17.8 Å². The van der Waals surface area contributed by atoms with Crippen LogP contribution < -0.4 is 16.6 Å². The normalized spacial score (nSPS) is 18.6. The van der Waals surface area contributed by atoms with Gasteiger partial charge in [-0.2, -0.15) is 0 Å². The van der Waals surface area contributed by atoms with Crippen LogP contribution in [0.4, 0.5) is 0 Å². The standard InChI is InChI=1S/C6H11N5O2/c1-8-6(10-7)11-2-4(12)9-5(13)3-11/h2-3,7H2,1H3,(H,8,10)(H,9,12,13). The van der Waals surface area contributed by atoms with Crippen LogP contribution in [0.2, 0.25) is 0 Å². The first-order valence-corrected chi connectivity index (χ1v) is 3.68. The summed E-state index contributed by atoms with van der Waals surface area (Å²) in [5, 5.41) is 2.17. The number of imide groups is 1. The van der Waals surface area contributed by atoms with Crippen LogP contribution >= 0.6 is 0 Å². The molecule has 0 aromatic carbocycles. The van der Waals surface area contributed by atoms with E-state index in [1.54, 1.807) is 0 Å². The quantitative estimate of drug-likeness (QED) is 0.126. The second-order valence-corrected chi connectivity index (χ2v) is 2.52. The molecular formula is C6H11N5O2. The Balaban J connectivity index is 2.69. The molecule has 1 saturated heterocycles. The molecule has 0 aliphatic carbocycles. The minimum Gasteiger partial charge on any atom is -0.323 e. The summed E-state index contributed by atoms with van der Waals surface area (Å²) >= 11 is 0. The lowest BCUT2D eigenvalue weighted by molar-refractivity contribution is -0.134. The minimum atomic E-state index is -0.354. The molecular weight excluding hydrogens is 174 g/mol. The summed E-state index contributed by atoms with van der Waals surface area (Å²) in [5.41, 5.74) is 2.31. The number of nitrogens with two attached hydrogens (primary N) is 1. The van der Waals surface area contributed by atoms with Crippen molar-refractivity contribution in [2.45, 2.75) is 0 Å². The summed E-state index contributed by atoms with van der Waals surface area (Å²) in [6, 6.07) is 0. The second-order valence-electron chi connectivity index (χ2n) is 2.52. The van der Waals surface area contributed by atoms with Gasteiger partial charge in [-0.15, -0.1) is 0 Å². The number of nitrogens with zero attached hydrogens (tertiary/aromatic N) is 2. The van der Waals surface area contributed by atoms with Gasteiger partial charge in [-0.1, -0.05) is 0 Å². The Hall–Kier alpha value is -1.63. The third kappa shape index (κ3) is 2.15. The molecule has 7 nitrogen and oxygen atoms in total. The number of nitrogens with one attached hydrogen (secondary N) is 2. The van der Waals surface area contributed by atoms with Gasteiger partial charge in [0.25, 0.3) is 0 Å². The molecule has 0 aromatic rings. The predicted molar refractivity (Wildman–Crippen MR) is 45.4 cm³/mol. The largest absolute Gasteiger partial charge is 0.323 e. The number of amides is 2. The lowest BCUT2D eigenvalue weighted by atomic mass is 10.3. The van der Waals surface area contributed by atoms with Crippen LogP contribution in [0.25, 0.3) is 0 Å². The molecule has 1 heterocycles. The van der Waals surface area contributed by atoms with Crippen molar-refractivity contribution < 1.29 is 9.59 Å². The molecule has 0 saturated carbocycles. The van der Waals surface area contributed by atoms with Crippen molar-refractivity contribution in [1.82, 2.24) is 15.6 Å². The summed E-state index contributed by atoms with van der Waals surface area (Å²) in [4.78, 5) is 27.1. The van der Waals surface area contributed by atoms with Crippen LogP contribution in [-0.2, 0) is 9.59 Å². The Kier molecular flexibility index (Phi) is 2.80. The zero-order valence-electron chi connectivity index (χ0n) is 7.20. The van der Waals surface area contributed by atoms with Crippen LogP contribution in [0.15, 0.2) is 4.99 Å². The lowest BCUT2D eigenvalue weighted by Gasteiger charge is -2.27. The van der Waals surface area contributed by atoms with Gasteiger partial charge in [0, 0.05) is 7.05 Å². The highest BCUT2D eigenvalue weighted by Gasteiger charge is 2.24. The first-order valence-electron chi connectivity index (χ1n) is 3.68. The third-order valence-electron chi connectivity index (χ3n) is 1.59. The highest BCUT2D eigenvalue weighted by molar-refractivity contribution is 6.02. The van der Waals surface area contributed by atoms with Gasteiger partial charge in [0.05, 0.1) is 0 Å². The Morgan fingerprint density at radius 2 is 2.08 bits per heavy atom. The molecule has 1 rings (SSSR count). The molecule has 1 aliphatic rings. The van der Waals surface area contributed by atoms with Gasteiger partial charge in [0.15, 0.2) is 0 Å². The van der Waals surface area contributed by atoms with Gasteiger partial charge < -0.3 is 4.90 Å². The SMILES string of the molecule is CN=C(NN)N1CC(=O)NC(=O)C1. The predicted octanol–water partition coefficient (Wildman–Crippen LogP) is -2.61. The summed E-state index contributed by atoms with van der Waals surface area (Å²) in [6.45, 7) is 0.172. The van der Waals surface area contributed by atoms with Crippen LogP contribution in [-0.4, -0.2) is 42.8 Å². The van der Waals surface area contributed by atoms with Crippen LogP contribution in [0.3, 0.4) is 0 Å². The zero-order valence-corrected chi connectivity index (χ0v) is 7.20. The topological polar surface area (TPSA) is 99.8 Å². The fourth-order valence-electron chi connectivity index (χ4n) is 1.08. The van der Waals surface area contributed by atoms with Crippen LogP contribution in [0.5, 0.6) is 0 Å². The van der Waals surface area contributed by atoms with E-state index in [-0.39, 0.29) is 24.9 Å². The highest BCUT2D eigenvalue weighted by Crippen LogP contribution is 1.94. The fraction of sp³-hybridized carbons (Fsp3) is 0.500. The fourth-order valence-corrected chi connectivity index (χ4v) is 1.08. The van der Waals surface area contributed by atoms with Crippen molar-refractivity contribution in [3.8, 4) is 0 Å². The molecule has 13 heavy (non-hydrogen) atoms. The van der Waals surface area contributed by atoms with E-state index in [1.807, 2.05) is 0 Å². The summed E-state index contributed by atoms with van der Waals surface area (Å²) in [6.07, 6.45) is 0. The smallest absolute Gasteiger partial charge is 0.246 e. The number of piperazine rings is 1. The van der Waals surface area contributed by atoms with Gasteiger partial charge in [-0.05, 0) is 0 Å².